The van der Waals surface area contributed by atoms with Crippen molar-refractivity contribution < 1.29 is 0 Å². The van der Waals surface area contributed by atoms with Crippen LogP contribution in [0.4, 0.5) is 11.8 Å². The highest BCUT2D eigenvalue weighted by Crippen LogP contribution is 2.25. The summed E-state index contributed by atoms with van der Waals surface area (Å²) in [7, 11) is 0. The molecule has 0 spiro atoms. The van der Waals surface area contributed by atoms with E-state index in [2.05, 4.69) is 52.0 Å². The zero-order chi connectivity index (χ0) is 14.9. The van der Waals surface area contributed by atoms with Gasteiger partial charge in [0.15, 0.2) is 0 Å². The van der Waals surface area contributed by atoms with Gasteiger partial charge >= 0.3 is 0 Å². The van der Waals surface area contributed by atoms with Crippen LogP contribution in [0.25, 0.3) is 0 Å². The second-order valence-corrected chi connectivity index (χ2v) is 6.30. The van der Waals surface area contributed by atoms with Crippen molar-refractivity contribution in [3.63, 3.8) is 0 Å². The number of anilines is 2. The molecule has 0 radical (unpaired) electrons. The van der Waals surface area contributed by atoms with Crippen LogP contribution in [0.5, 0.6) is 0 Å². The zero-order valence-corrected chi connectivity index (χ0v) is 13.1. The van der Waals surface area contributed by atoms with Gasteiger partial charge in [0.25, 0.3) is 0 Å². The molecule has 0 N–H and O–H groups in total. The van der Waals surface area contributed by atoms with Gasteiger partial charge in [0, 0.05) is 37.9 Å². The first kappa shape index (κ1) is 13.6. The summed E-state index contributed by atoms with van der Waals surface area (Å²) < 4.78 is 0. The average molecular weight is 294 g/mol. The Morgan fingerprint density at radius 3 is 2.50 bits per heavy atom. The van der Waals surface area contributed by atoms with E-state index in [-0.39, 0.29) is 0 Å². The van der Waals surface area contributed by atoms with E-state index in [4.69, 9.17) is 4.98 Å². The Bertz CT molecular complexity index is 677. The van der Waals surface area contributed by atoms with Crippen LogP contribution in [-0.4, -0.2) is 29.6 Å². The lowest BCUT2D eigenvalue weighted by Gasteiger charge is -2.30. The molecule has 0 bridgehead atoms. The fourth-order valence-corrected chi connectivity index (χ4v) is 3.45. The second-order valence-electron chi connectivity index (χ2n) is 6.30. The third kappa shape index (κ3) is 2.54. The summed E-state index contributed by atoms with van der Waals surface area (Å²) in [5.74, 6) is 1.98. The topological polar surface area (TPSA) is 32.3 Å². The maximum atomic E-state index is 4.85. The highest BCUT2D eigenvalue weighted by molar-refractivity contribution is 5.48. The summed E-state index contributed by atoms with van der Waals surface area (Å²) in [6.07, 6.45) is 3.62. The van der Waals surface area contributed by atoms with Crippen LogP contribution < -0.4 is 9.80 Å². The average Bonchev–Trinajstić information content (AvgIpc) is 3.08. The van der Waals surface area contributed by atoms with Gasteiger partial charge in [-0.1, -0.05) is 24.3 Å². The number of aromatic nitrogens is 2. The molecule has 0 unspecified atom stereocenters. The van der Waals surface area contributed by atoms with Crippen molar-refractivity contribution in [1.82, 2.24) is 9.97 Å². The molecule has 1 aromatic heterocycles. The molecule has 2 aliphatic heterocycles. The maximum absolute atomic E-state index is 4.85. The van der Waals surface area contributed by atoms with Crippen molar-refractivity contribution in [3.8, 4) is 0 Å². The molecule has 0 aliphatic carbocycles. The van der Waals surface area contributed by atoms with Gasteiger partial charge in [-0.15, -0.1) is 0 Å². The molecule has 2 aliphatic rings. The van der Waals surface area contributed by atoms with Crippen LogP contribution >= 0.6 is 0 Å². The summed E-state index contributed by atoms with van der Waals surface area (Å²) in [4.78, 5) is 14.2. The van der Waals surface area contributed by atoms with Gasteiger partial charge in [0.1, 0.15) is 5.82 Å². The van der Waals surface area contributed by atoms with Crippen molar-refractivity contribution >= 4 is 11.8 Å². The van der Waals surface area contributed by atoms with Crippen LogP contribution in [0, 0.1) is 6.92 Å². The Hall–Kier alpha value is -2.10. The quantitative estimate of drug-likeness (QED) is 0.852. The Balaban J connectivity index is 1.63. The van der Waals surface area contributed by atoms with E-state index in [0.717, 1.165) is 50.1 Å². The van der Waals surface area contributed by atoms with Gasteiger partial charge in [0.2, 0.25) is 5.95 Å². The van der Waals surface area contributed by atoms with Gasteiger partial charge in [-0.05, 0) is 37.3 Å². The Morgan fingerprint density at radius 2 is 1.68 bits per heavy atom. The van der Waals surface area contributed by atoms with Gasteiger partial charge in [0.05, 0.1) is 0 Å². The standard InChI is InChI=1S/C18H22N4/c1-14-12-17(21-9-4-5-10-21)20-18(19-14)22-11-8-15-6-2-3-7-16(15)13-22/h2-3,6-7,12H,4-5,8-11,13H2,1H3. The Morgan fingerprint density at radius 1 is 0.909 bits per heavy atom. The van der Waals surface area contributed by atoms with Crippen molar-refractivity contribution in [2.75, 3.05) is 29.4 Å². The summed E-state index contributed by atoms with van der Waals surface area (Å²) in [5, 5.41) is 0. The second kappa shape index (κ2) is 5.59. The lowest BCUT2D eigenvalue weighted by atomic mass is 10.0. The van der Waals surface area contributed by atoms with E-state index in [9.17, 15) is 0 Å². The summed E-state index contributed by atoms with van der Waals surface area (Å²) >= 11 is 0. The largest absolute Gasteiger partial charge is 0.356 e. The minimum Gasteiger partial charge on any atom is -0.356 e. The first-order chi connectivity index (χ1) is 10.8. The van der Waals surface area contributed by atoms with Crippen molar-refractivity contribution in [1.29, 1.82) is 0 Å². The van der Waals surface area contributed by atoms with Gasteiger partial charge in [-0.25, -0.2) is 4.98 Å². The molecule has 0 saturated carbocycles. The lowest BCUT2D eigenvalue weighted by molar-refractivity contribution is 0.704. The van der Waals surface area contributed by atoms with Crippen molar-refractivity contribution in [2.45, 2.75) is 32.7 Å². The number of benzene rings is 1. The van der Waals surface area contributed by atoms with E-state index in [1.807, 2.05) is 0 Å². The minimum absolute atomic E-state index is 0.886. The molecule has 4 nitrogen and oxygen atoms in total. The van der Waals surface area contributed by atoms with E-state index in [1.54, 1.807) is 0 Å². The minimum atomic E-state index is 0.886. The first-order valence-electron chi connectivity index (χ1n) is 8.22. The van der Waals surface area contributed by atoms with Crippen LogP contribution in [-0.2, 0) is 13.0 Å². The maximum Gasteiger partial charge on any atom is 0.227 e. The molecule has 1 aromatic carbocycles. The monoisotopic (exact) mass is 294 g/mol. The highest BCUT2D eigenvalue weighted by Gasteiger charge is 2.21. The van der Waals surface area contributed by atoms with Gasteiger partial charge in [-0.2, -0.15) is 4.98 Å². The highest BCUT2D eigenvalue weighted by atomic mass is 15.3. The van der Waals surface area contributed by atoms with Crippen LogP contribution in [0.1, 0.15) is 29.7 Å². The molecule has 3 heterocycles. The van der Waals surface area contributed by atoms with Crippen molar-refractivity contribution in [2.24, 2.45) is 0 Å². The molecule has 22 heavy (non-hydrogen) atoms. The number of hydrogen-bond acceptors (Lipinski definition) is 4. The van der Waals surface area contributed by atoms with Crippen LogP contribution in [0.3, 0.4) is 0 Å². The van der Waals surface area contributed by atoms with E-state index < -0.39 is 0 Å². The van der Waals surface area contributed by atoms with Gasteiger partial charge < -0.3 is 9.80 Å². The van der Waals surface area contributed by atoms with Gasteiger partial charge in [-0.3, -0.25) is 0 Å². The fourth-order valence-electron chi connectivity index (χ4n) is 3.45. The number of rotatable bonds is 2. The molecule has 2 aromatic rings. The SMILES string of the molecule is Cc1cc(N2CCCC2)nc(N2CCc3ccccc3C2)n1. The fraction of sp³-hybridized carbons (Fsp3) is 0.444. The smallest absolute Gasteiger partial charge is 0.227 e. The lowest BCUT2D eigenvalue weighted by Crippen LogP contribution is -2.32. The molecule has 1 fully saturated rings. The molecule has 114 valence electrons. The molecule has 4 heteroatoms. The molecule has 0 amide bonds. The molecular formula is C18H22N4. The molecular weight excluding hydrogens is 272 g/mol. The number of hydrogen-bond donors (Lipinski definition) is 0. The summed E-state index contributed by atoms with van der Waals surface area (Å²) in [6, 6.07) is 10.8. The normalized spacial score (nSPS) is 17.7. The van der Waals surface area contributed by atoms with Crippen LogP contribution in [0.15, 0.2) is 30.3 Å². The summed E-state index contributed by atoms with van der Waals surface area (Å²) in [5.41, 5.74) is 3.93. The Labute approximate surface area is 131 Å². The van der Waals surface area contributed by atoms with E-state index in [1.165, 1.54) is 24.0 Å². The number of fused-ring (bicyclic) bond motifs is 1. The number of nitrogens with zero attached hydrogens (tertiary/aromatic N) is 4. The first-order valence-corrected chi connectivity index (χ1v) is 8.22. The molecule has 4 rings (SSSR count). The third-order valence-electron chi connectivity index (χ3n) is 4.67. The molecule has 0 atom stereocenters. The van der Waals surface area contributed by atoms with E-state index >= 15 is 0 Å². The predicted molar refractivity (Wildman–Crippen MR) is 89.4 cm³/mol. The predicted octanol–water partition coefficient (Wildman–Crippen LogP) is 2.95. The zero-order valence-electron chi connectivity index (χ0n) is 13.1. The van der Waals surface area contributed by atoms with Crippen LogP contribution in [0.2, 0.25) is 0 Å². The number of aryl methyl sites for hydroxylation is 1. The molecule has 1 saturated heterocycles. The van der Waals surface area contributed by atoms with E-state index in [0.29, 0.717) is 0 Å². The summed E-state index contributed by atoms with van der Waals surface area (Å²) in [6.45, 7) is 6.24. The Kier molecular flexibility index (Phi) is 3.45. The van der Waals surface area contributed by atoms with Crippen molar-refractivity contribution in [3.05, 3.63) is 47.2 Å². The third-order valence-corrected chi connectivity index (χ3v) is 4.67.